The number of hydrogen-bond acceptors (Lipinski definition) is 5. The van der Waals surface area contributed by atoms with Crippen molar-refractivity contribution in [3.63, 3.8) is 0 Å². The normalized spacial score (nSPS) is 22.1. The van der Waals surface area contributed by atoms with Gasteiger partial charge >= 0.3 is 5.97 Å². The molecule has 33 heavy (non-hydrogen) atoms. The van der Waals surface area contributed by atoms with E-state index in [1.54, 1.807) is 18.9 Å². The Morgan fingerprint density at radius 1 is 1.24 bits per heavy atom. The van der Waals surface area contributed by atoms with Gasteiger partial charge < -0.3 is 19.7 Å². The number of benzene rings is 1. The number of ether oxygens (including phenoxy) is 2. The zero-order valence-corrected chi connectivity index (χ0v) is 20.2. The van der Waals surface area contributed by atoms with Crippen molar-refractivity contribution in [3.8, 4) is 5.75 Å². The predicted molar refractivity (Wildman–Crippen MR) is 125 cm³/mol. The van der Waals surface area contributed by atoms with Gasteiger partial charge in [0, 0.05) is 18.7 Å². The molecule has 1 aromatic carbocycles. The van der Waals surface area contributed by atoms with Crippen LogP contribution in [-0.2, 0) is 25.7 Å². The zero-order valence-electron chi connectivity index (χ0n) is 20.2. The first kappa shape index (κ1) is 24.8. The van der Waals surface area contributed by atoms with Crippen LogP contribution >= 0.6 is 0 Å². The first-order valence-corrected chi connectivity index (χ1v) is 11.9. The summed E-state index contributed by atoms with van der Waals surface area (Å²) in [7, 11) is 1.61. The van der Waals surface area contributed by atoms with Crippen LogP contribution in [0, 0.1) is 17.3 Å². The van der Waals surface area contributed by atoms with Crippen molar-refractivity contribution >= 4 is 17.8 Å². The van der Waals surface area contributed by atoms with Crippen LogP contribution in [0.4, 0.5) is 0 Å². The molecule has 0 unspecified atom stereocenters. The van der Waals surface area contributed by atoms with Gasteiger partial charge in [0.25, 0.3) is 0 Å². The Hall–Kier alpha value is -2.83. The number of esters is 1. The van der Waals surface area contributed by atoms with E-state index >= 15 is 0 Å². The van der Waals surface area contributed by atoms with Gasteiger partial charge in [-0.2, -0.15) is 0 Å². The minimum absolute atomic E-state index is 0.0216. The Morgan fingerprint density at radius 3 is 2.61 bits per heavy atom. The molecule has 1 fully saturated rings. The van der Waals surface area contributed by atoms with Crippen LogP contribution in [0.2, 0.25) is 0 Å². The molecule has 0 spiro atoms. The summed E-state index contributed by atoms with van der Waals surface area (Å²) in [5, 5.41) is 2.93. The van der Waals surface area contributed by atoms with E-state index in [-0.39, 0.29) is 24.8 Å². The van der Waals surface area contributed by atoms with Gasteiger partial charge in [0.15, 0.2) is 0 Å². The maximum atomic E-state index is 13.7. The van der Waals surface area contributed by atoms with Gasteiger partial charge in [0.05, 0.1) is 26.2 Å². The minimum atomic E-state index is -1.10. The molecule has 0 bridgehead atoms. The van der Waals surface area contributed by atoms with E-state index < -0.39 is 17.3 Å². The number of carbonyl (C=O) groups excluding carboxylic acids is 3. The minimum Gasteiger partial charge on any atom is -0.497 e. The van der Waals surface area contributed by atoms with Crippen LogP contribution < -0.4 is 10.1 Å². The monoisotopic (exact) mass is 456 g/mol. The van der Waals surface area contributed by atoms with Gasteiger partial charge in [-0.3, -0.25) is 14.4 Å². The number of nitrogens with one attached hydrogen (secondary N) is 1. The molecule has 7 heteroatoms. The highest BCUT2D eigenvalue weighted by Gasteiger charge is 2.62. The van der Waals surface area contributed by atoms with E-state index in [4.69, 9.17) is 9.47 Å². The van der Waals surface area contributed by atoms with Crippen molar-refractivity contribution in [3.05, 3.63) is 41.6 Å². The fraction of sp³-hybridized carbons (Fsp3) is 0.577. The lowest BCUT2D eigenvalue weighted by Gasteiger charge is -2.35. The van der Waals surface area contributed by atoms with Crippen LogP contribution in [-0.4, -0.2) is 42.9 Å². The van der Waals surface area contributed by atoms with E-state index in [0.29, 0.717) is 31.1 Å². The first-order valence-electron chi connectivity index (χ1n) is 11.9. The van der Waals surface area contributed by atoms with Gasteiger partial charge in [-0.05, 0) is 56.2 Å². The van der Waals surface area contributed by atoms with Crippen LogP contribution in [0.25, 0.3) is 0 Å². The first-order chi connectivity index (χ1) is 15.8. The number of carbonyl (C=O) groups is 3. The topological polar surface area (TPSA) is 84.9 Å². The summed E-state index contributed by atoms with van der Waals surface area (Å²) in [6.07, 6.45) is 4.90. The Morgan fingerprint density at radius 2 is 1.97 bits per heavy atom. The molecule has 2 atom stereocenters. The Bertz CT molecular complexity index is 892. The van der Waals surface area contributed by atoms with Crippen molar-refractivity contribution in [1.82, 2.24) is 10.2 Å². The molecule has 0 aromatic heterocycles. The van der Waals surface area contributed by atoms with E-state index in [2.05, 4.69) is 19.2 Å². The predicted octanol–water partition coefficient (Wildman–Crippen LogP) is 3.82. The maximum absolute atomic E-state index is 13.7. The molecule has 1 heterocycles. The molecular formula is C26H36N2O5. The Kier molecular flexibility index (Phi) is 8.16. The molecule has 0 saturated carbocycles. The number of amides is 2. The van der Waals surface area contributed by atoms with Crippen LogP contribution in [0.15, 0.2) is 36.0 Å². The third-order valence-corrected chi connectivity index (χ3v) is 6.59. The fourth-order valence-corrected chi connectivity index (χ4v) is 4.86. The van der Waals surface area contributed by atoms with Crippen molar-refractivity contribution in [1.29, 1.82) is 0 Å². The van der Waals surface area contributed by atoms with E-state index in [0.717, 1.165) is 30.6 Å². The highest BCUT2D eigenvalue weighted by Crippen LogP contribution is 2.54. The molecule has 7 nitrogen and oxygen atoms in total. The number of allylic oxidation sites excluding steroid dienone is 1. The lowest BCUT2D eigenvalue weighted by atomic mass is 9.68. The number of methoxy groups -OCH3 is 1. The average Bonchev–Trinajstić information content (AvgIpc) is 3.03. The second kappa shape index (κ2) is 10.9. The Labute approximate surface area is 196 Å². The molecule has 2 aliphatic rings. The standard InChI is InChI=1S/C26H36N2O5/c1-5-33-25(31)26-14-7-6-8-22(26)28(17-19-9-11-20(32-4)12-10-19)24(30)21(26)16-23(29)27-15-13-18(2)3/h8-12,18,21H,5-7,13-17H2,1-4H3,(H,27,29)/t21-,26-/m0/s1. The number of likely N-dealkylation sites (tertiary alicyclic amines) is 1. The quantitative estimate of drug-likeness (QED) is 0.541. The molecule has 0 radical (unpaired) electrons. The van der Waals surface area contributed by atoms with Gasteiger partial charge in [0.1, 0.15) is 11.2 Å². The zero-order chi connectivity index (χ0) is 24.0. The lowest BCUT2D eigenvalue weighted by molar-refractivity contribution is -0.158. The van der Waals surface area contributed by atoms with Crippen molar-refractivity contribution < 1.29 is 23.9 Å². The third-order valence-electron chi connectivity index (χ3n) is 6.59. The molecule has 1 aromatic rings. The largest absolute Gasteiger partial charge is 0.497 e. The van der Waals surface area contributed by atoms with Gasteiger partial charge in [0.2, 0.25) is 11.8 Å². The van der Waals surface area contributed by atoms with E-state index in [9.17, 15) is 14.4 Å². The van der Waals surface area contributed by atoms with E-state index in [1.165, 1.54) is 0 Å². The number of nitrogens with zero attached hydrogens (tertiary/aromatic N) is 1. The third kappa shape index (κ3) is 5.23. The highest BCUT2D eigenvalue weighted by molar-refractivity contribution is 5.99. The molecule has 1 aliphatic heterocycles. The van der Waals surface area contributed by atoms with Crippen LogP contribution in [0.3, 0.4) is 0 Å². The Balaban J connectivity index is 1.91. The SMILES string of the molecule is CCOC(=O)[C@]12CCCC=C1N(Cc1ccc(OC)cc1)C(=O)[C@@H]2CC(=O)NCCC(C)C. The second-order valence-corrected chi connectivity index (χ2v) is 9.24. The number of fused-ring (bicyclic) bond motifs is 1. The second-order valence-electron chi connectivity index (χ2n) is 9.24. The molecule has 2 amide bonds. The fourth-order valence-electron chi connectivity index (χ4n) is 4.86. The average molecular weight is 457 g/mol. The molecule has 3 rings (SSSR count). The van der Waals surface area contributed by atoms with Crippen molar-refractivity contribution in [2.24, 2.45) is 17.3 Å². The van der Waals surface area contributed by atoms with Crippen LogP contribution in [0.5, 0.6) is 5.75 Å². The van der Waals surface area contributed by atoms with Gasteiger partial charge in [-0.1, -0.05) is 32.1 Å². The molecule has 1 saturated heterocycles. The van der Waals surface area contributed by atoms with Crippen molar-refractivity contribution in [2.75, 3.05) is 20.3 Å². The molecule has 180 valence electrons. The van der Waals surface area contributed by atoms with Gasteiger partial charge in [-0.25, -0.2) is 0 Å². The van der Waals surface area contributed by atoms with Crippen LogP contribution in [0.1, 0.15) is 58.4 Å². The summed E-state index contributed by atoms with van der Waals surface area (Å²) in [5.74, 6) is -0.348. The van der Waals surface area contributed by atoms with Gasteiger partial charge in [-0.15, -0.1) is 0 Å². The summed E-state index contributed by atoms with van der Waals surface area (Å²) >= 11 is 0. The molecule has 1 aliphatic carbocycles. The smallest absolute Gasteiger partial charge is 0.318 e. The maximum Gasteiger partial charge on any atom is 0.318 e. The summed E-state index contributed by atoms with van der Waals surface area (Å²) in [6.45, 7) is 7.08. The molecular weight excluding hydrogens is 420 g/mol. The summed E-state index contributed by atoms with van der Waals surface area (Å²) in [5.41, 5.74) is 0.510. The summed E-state index contributed by atoms with van der Waals surface area (Å²) in [4.78, 5) is 41.5. The highest BCUT2D eigenvalue weighted by atomic mass is 16.5. The number of rotatable bonds is 10. The summed E-state index contributed by atoms with van der Waals surface area (Å²) in [6, 6.07) is 7.52. The summed E-state index contributed by atoms with van der Waals surface area (Å²) < 4.78 is 10.7. The van der Waals surface area contributed by atoms with Crippen molar-refractivity contribution in [2.45, 2.75) is 59.4 Å². The number of hydrogen-bond donors (Lipinski definition) is 1. The van der Waals surface area contributed by atoms with E-state index in [1.807, 2.05) is 30.3 Å². The lowest BCUT2D eigenvalue weighted by Crippen LogP contribution is -2.43. The molecule has 1 N–H and O–H groups in total.